The van der Waals surface area contributed by atoms with Gasteiger partial charge in [0.05, 0.1) is 26.9 Å². The van der Waals surface area contributed by atoms with Crippen molar-refractivity contribution in [1.82, 2.24) is 4.90 Å². The number of ether oxygens (including phenoxy) is 3. The predicted octanol–water partition coefficient (Wildman–Crippen LogP) is 4.01. The molecule has 2 aromatic rings. The number of methoxy groups -OCH3 is 2. The molecule has 0 aromatic heterocycles. The molecule has 0 amide bonds. The Morgan fingerprint density at radius 1 is 0.906 bits per heavy atom. The van der Waals surface area contributed by atoms with Crippen LogP contribution in [0.5, 0.6) is 11.5 Å². The average molecular weight is 438 g/mol. The molecular formula is C26H31NO5. The van der Waals surface area contributed by atoms with Crippen LogP contribution in [0.2, 0.25) is 0 Å². The number of nitrogens with zero attached hydrogens (tertiary/aromatic N) is 1. The smallest absolute Gasteiger partial charge is 0.384 e. The minimum atomic E-state index is -0.561. The highest BCUT2D eigenvalue weighted by molar-refractivity contribution is 5.88. The molecule has 1 unspecified atom stereocenters. The van der Waals surface area contributed by atoms with E-state index >= 15 is 0 Å². The van der Waals surface area contributed by atoms with Gasteiger partial charge in [0.15, 0.2) is 0 Å². The number of rotatable bonds is 11. The van der Waals surface area contributed by atoms with Crippen LogP contribution >= 0.6 is 0 Å². The maximum Gasteiger partial charge on any atom is 0.384 e. The van der Waals surface area contributed by atoms with Crippen molar-refractivity contribution < 1.29 is 23.8 Å². The molecule has 0 aliphatic heterocycles. The van der Waals surface area contributed by atoms with E-state index < -0.39 is 5.97 Å². The number of carbonyl (C=O) groups is 2. The molecule has 1 atom stereocenters. The third-order valence-electron chi connectivity index (χ3n) is 4.92. The molecule has 0 spiro atoms. The van der Waals surface area contributed by atoms with Crippen LogP contribution in [-0.2, 0) is 27.4 Å². The van der Waals surface area contributed by atoms with Crippen molar-refractivity contribution in [3.8, 4) is 23.3 Å². The second-order valence-corrected chi connectivity index (χ2v) is 7.35. The van der Waals surface area contributed by atoms with Crippen LogP contribution in [-0.4, -0.2) is 43.5 Å². The first-order chi connectivity index (χ1) is 15.4. The minimum absolute atomic E-state index is 0.0850. The lowest BCUT2D eigenvalue weighted by Gasteiger charge is -2.28. The van der Waals surface area contributed by atoms with Crippen LogP contribution in [0.4, 0.5) is 0 Å². The van der Waals surface area contributed by atoms with Crippen molar-refractivity contribution in [2.45, 2.75) is 45.8 Å². The lowest BCUT2D eigenvalue weighted by atomic mass is 10.0. The molecule has 32 heavy (non-hydrogen) atoms. The molecule has 0 aliphatic carbocycles. The molecule has 6 nitrogen and oxygen atoms in total. The molecule has 0 saturated carbocycles. The monoisotopic (exact) mass is 437 g/mol. The molecule has 0 fully saturated rings. The summed E-state index contributed by atoms with van der Waals surface area (Å²) >= 11 is 0. The maximum atomic E-state index is 11.9. The molecule has 6 heteroatoms. The molecule has 0 saturated heterocycles. The van der Waals surface area contributed by atoms with E-state index in [4.69, 9.17) is 14.2 Å². The number of hydrogen-bond acceptors (Lipinski definition) is 6. The van der Waals surface area contributed by atoms with Crippen molar-refractivity contribution >= 4 is 11.8 Å². The zero-order valence-corrected chi connectivity index (χ0v) is 19.2. The lowest BCUT2D eigenvalue weighted by Crippen LogP contribution is -2.34. The topological polar surface area (TPSA) is 65.1 Å². The Morgan fingerprint density at radius 3 is 1.81 bits per heavy atom. The van der Waals surface area contributed by atoms with Gasteiger partial charge in [-0.05, 0) is 55.7 Å². The minimum Gasteiger partial charge on any atom is -0.497 e. The molecule has 0 aliphatic rings. The summed E-state index contributed by atoms with van der Waals surface area (Å²) in [6, 6.07) is 15.4. The standard InChI is InChI=1S/C26H31NO5/c1-5-32-26(29)17-12-23(11-6-20(2)28)27(18-21-7-13-24(30-3)14-8-21)19-22-9-15-25(31-4)16-10-22/h7-10,13-16,23H,5-6,11,18-19H2,1-4H3. The Balaban J connectivity index is 2.33. The van der Waals surface area contributed by atoms with Gasteiger partial charge in [-0.25, -0.2) is 4.79 Å². The van der Waals surface area contributed by atoms with Gasteiger partial charge in [-0.15, -0.1) is 0 Å². The van der Waals surface area contributed by atoms with Crippen molar-refractivity contribution in [3.05, 3.63) is 59.7 Å². The lowest BCUT2D eigenvalue weighted by molar-refractivity contribution is -0.136. The highest BCUT2D eigenvalue weighted by atomic mass is 16.5. The van der Waals surface area contributed by atoms with Gasteiger partial charge in [0, 0.05) is 25.4 Å². The number of ketones is 1. The first-order valence-corrected chi connectivity index (χ1v) is 10.6. The third kappa shape index (κ3) is 8.44. The van der Waals surface area contributed by atoms with E-state index in [0.29, 0.717) is 25.9 Å². The quantitative estimate of drug-likeness (QED) is 0.301. The van der Waals surface area contributed by atoms with Crippen LogP contribution < -0.4 is 9.47 Å². The van der Waals surface area contributed by atoms with E-state index in [2.05, 4.69) is 16.7 Å². The molecule has 0 N–H and O–H groups in total. The second-order valence-electron chi connectivity index (χ2n) is 7.35. The third-order valence-corrected chi connectivity index (χ3v) is 4.92. The van der Waals surface area contributed by atoms with Crippen molar-refractivity contribution in [2.75, 3.05) is 20.8 Å². The first-order valence-electron chi connectivity index (χ1n) is 10.6. The zero-order chi connectivity index (χ0) is 23.3. The molecule has 170 valence electrons. The Bertz CT molecular complexity index is 876. The van der Waals surface area contributed by atoms with E-state index in [1.54, 1.807) is 28.1 Å². The summed E-state index contributed by atoms with van der Waals surface area (Å²) in [7, 11) is 3.27. The number of carbonyl (C=O) groups excluding carboxylic acids is 2. The van der Waals surface area contributed by atoms with Gasteiger partial charge in [-0.3, -0.25) is 4.90 Å². The van der Waals surface area contributed by atoms with E-state index in [9.17, 15) is 9.59 Å². The fourth-order valence-corrected chi connectivity index (χ4v) is 3.20. The molecule has 0 radical (unpaired) electrons. The van der Waals surface area contributed by atoms with E-state index in [1.165, 1.54) is 0 Å². The SMILES string of the molecule is CCOC(=O)C#CC(CCC(C)=O)N(Cc1ccc(OC)cc1)Cc1ccc(OC)cc1. The number of benzene rings is 2. The van der Waals surface area contributed by atoms with Crippen LogP contribution in [0.3, 0.4) is 0 Å². The highest BCUT2D eigenvalue weighted by Gasteiger charge is 2.19. The molecule has 0 heterocycles. The Kier molecular flexibility index (Phi) is 10.3. The zero-order valence-electron chi connectivity index (χ0n) is 19.2. The Morgan fingerprint density at radius 2 is 1.41 bits per heavy atom. The number of esters is 1. The van der Waals surface area contributed by atoms with Gasteiger partial charge in [-0.1, -0.05) is 30.2 Å². The van der Waals surface area contributed by atoms with Gasteiger partial charge in [0.2, 0.25) is 0 Å². The van der Waals surface area contributed by atoms with Crippen molar-refractivity contribution in [2.24, 2.45) is 0 Å². The summed E-state index contributed by atoms with van der Waals surface area (Å²) < 4.78 is 15.5. The van der Waals surface area contributed by atoms with Crippen LogP contribution in [0, 0.1) is 11.8 Å². The van der Waals surface area contributed by atoms with Crippen molar-refractivity contribution in [3.63, 3.8) is 0 Å². The summed E-state index contributed by atoms with van der Waals surface area (Å²) in [4.78, 5) is 25.7. The maximum absolute atomic E-state index is 11.9. The largest absolute Gasteiger partial charge is 0.497 e. The Labute approximate surface area is 190 Å². The summed E-state index contributed by atoms with van der Waals surface area (Å²) in [6.45, 7) is 4.76. The molecule has 2 rings (SSSR count). The average Bonchev–Trinajstić information content (AvgIpc) is 2.79. The normalized spacial score (nSPS) is 11.3. The van der Waals surface area contributed by atoms with Gasteiger partial charge >= 0.3 is 5.97 Å². The van der Waals surface area contributed by atoms with Gasteiger partial charge in [0.25, 0.3) is 0 Å². The number of hydrogen-bond donors (Lipinski definition) is 0. The van der Waals surface area contributed by atoms with E-state index in [1.807, 2.05) is 48.5 Å². The van der Waals surface area contributed by atoms with Gasteiger partial charge in [-0.2, -0.15) is 0 Å². The Hall–Kier alpha value is -3.30. The van der Waals surface area contributed by atoms with Gasteiger partial charge in [0.1, 0.15) is 17.3 Å². The van der Waals surface area contributed by atoms with E-state index in [0.717, 1.165) is 22.6 Å². The van der Waals surface area contributed by atoms with Crippen LogP contribution in [0.15, 0.2) is 48.5 Å². The number of Topliss-reactive ketones (excluding diaryl/α,β-unsaturated/α-hetero) is 1. The summed E-state index contributed by atoms with van der Waals surface area (Å²) in [5.74, 6) is 6.73. The van der Waals surface area contributed by atoms with Crippen molar-refractivity contribution in [1.29, 1.82) is 0 Å². The fraction of sp³-hybridized carbons (Fsp3) is 0.385. The van der Waals surface area contributed by atoms with Crippen LogP contribution in [0.25, 0.3) is 0 Å². The first kappa shape index (κ1) is 25.0. The van der Waals surface area contributed by atoms with E-state index in [-0.39, 0.29) is 18.4 Å². The van der Waals surface area contributed by atoms with Crippen LogP contribution in [0.1, 0.15) is 37.8 Å². The summed E-state index contributed by atoms with van der Waals surface area (Å²) in [5.41, 5.74) is 2.15. The summed E-state index contributed by atoms with van der Waals surface area (Å²) in [5, 5.41) is 0. The second kappa shape index (κ2) is 13.2. The highest BCUT2D eigenvalue weighted by Crippen LogP contribution is 2.20. The fourth-order valence-electron chi connectivity index (χ4n) is 3.20. The van der Waals surface area contributed by atoms with Gasteiger partial charge < -0.3 is 19.0 Å². The molecule has 0 bridgehead atoms. The molecule has 2 aromatic carbocycles. The molecular weight excluding hydrogens is 406 g/mol. The predicted molar refractivity (Wildman–Crippen MR) is 123 cm³/mol. The summed E-state index contributed by atoms with van der Waals surface area (Å²) in [6.07, 6.45) is 0.901.